The summed E-state index contributed by atoms with van der Waals surface area (Å²) in [7, 11) is 0. The molecule has 1 heterocycles. The summed E-state index contributed by atoms with van der Waals surface area (Å²) in [6.45, 7) is 2.50. The molecule has 0 bridgehead atoms. The van der Waals surface area contributed by atoms with Gasteiger partial charge in [-0.1, -0.05) is 6.42 Å². The Kier molecular flexibility index (Phi) is 5.94. The molecule has 7 heteroatoms. The number of piperidine rings is 1. The molecule has 0 aromatic heterocycles. The van der Waals surface area contributed by atoms with Gasteiger partial charge in [0.05, 0.1) is 11.1 Å². The minimum absolute atomic E-state index is 0.262. The Morgan fingerprint density at radius 2 is 1.75 bits per heavy atom. The Morgan fingerprint density at radius 1 is 1.15 bits per heavy atom. The molecule has 0 radical (unpaired) electrons. The van der Waals surface area contributed by atoms with E-state index in [1.807, 2.05) is 0 Å². The van der Waals surface area contributed by atoms with Crippen molar-refractivity contribution in [2.24, 2.45) is 0 Å². The lowest BCUT2D eigenvalue weighted by Crippen LogP contribution is -2.21. The average molecular weight is 293 g/mol. The van der Waals surface area contributed by atoms with Crippen LogP contribution in [0.15, 0.2) is 18.2 Å². The predicted molar refractivity (Wildman–Crippen MR) is 65.1 cm³/mol. The van der Waals surface area contributed by atoms with Crippen LogP contribution >= 0.6 is 0 Å². The highest BCUT2D eigenvalue weighted by molar-refractivity contribution is 5.87. The van der Waals surface area contributed by atoms with Crippen molar-refractivity contribution in [2.75, 3.05) is 13.1 Å². The first kappa shape index (κ1) is 16.4. The summed E-state index contributed by atoms with van der Waals surface area (Å²) >= 11 is 0. The van der Waals surface area contributed by atoms with Crippen LogP contribution in [0.1, 0.15) is 35.2 Å². The van der Waals surface area contributed by atoms with Gasteiger partial charge in [0.15, 0.2) is 0 Å². The zero-order chi connectivity index (χ0) is 15.2. The molecule has 1 aliphatic heterocycles. The highest BCUT2D eigenvalue weighted by Gasteiger charge is 2.34. The third-order valence-electron chi connectivity index (χ3n) is 2.73. The summed E-state index contributed by atoms with van der Waals surface area (Å²) in [5.41, 5.74) is -2.17. The van der Waals surface area contributed by atoms with E-state index in [4.69, 9.17) is 5.11 Å². The number of aromatic carboxylic acids is 1. The first-order valence-electron chi connectivity index (χ1n) is 6.13. The number of rotatable bonds is 1. The van der Waals surface area contributed by atoms with Crippen molar-refractivity contribution < 1.29 is 27.5 Å². The molecule has 2 rings (SSSR count). The Bertz CT molecular complexity index is 445. The third kappa shape index (κ3) is 5.16. The number of carboxylic acids is 1. The molecule has 0 spiro atoms. The molecule has 1 aliphatic rings. The molecule has 0 unspecified atom stereocenters. The van der Waals surface area contributed by atoms with Crippen molar-refractivity contribution >= 4 is 5.97 Å². The summed E-state index contributed by atoms with van der Waals surface area (Å²) < 4.78 is 48.8. The topological polar surface area (TPSA) is 49.3 Å². The number of halogens is 4. The Morgan fingerprint density at radius 3 is 2.10 bits per heavy atom. The Balaban J connectivity index is 0.000000276. The van der Waals surface area contributed by atoms with Gasteiger partial charge in [-0.05, 0) is 44.1 Å². The second kappa shape index (κ2) is 7.23. The largest absolute Gasteiger partial charge is 0.478 e. The summed E-state index contributed by atoms with van der Waals surface area (Å²) in [6.07, 6.45) is -0.664. The number of hydrogen-bond acceptors (Lipinski definition) is 2. The lowest BCUT2D eigenvalue weighted by molar-refractivity contribution is -0.140. The van der Waals surface area contributed by atoms with Gasteiger partial charge in [-0.25, -0.2) is 9.18 Å². The van der Waals surface area contributed by atoms with Gasteiger partial charge in [0, 0.05) is 0 Å². The molecule has 1 fully saturated rings. The number of benzene rings is 1. The van der Waals surface area contributed by atoms with E-state index in [0.717, 1.165) is 6.07 Å². The van der Waals surface area contributed by atoms with E-state index in [0.29, 0.717) is 6.07 Å². The van der Waals surface area contributed by atoms with Crippen LogP contribution in [0, 0.1) is 5.82 Å². The van der Waals surface area contributed by atoms with Crippen LogP contribution in [-0.4, -0.2) is 24.2 Å². The molecular weight excluding hydrogens is 278 g/mol. The van der Waals surface area contributed by atoms with Gasteiger partial charge in [-0.2, -0.15) is 13.2 Å². The fourth-order valence-corrected chi connectivity index (χ4v) is 1.68. The molecule has 0 aliphatic carbocycles. The van der Waals surface area contributed by atoms with Crippen LogP contribution in [-0.2, 0) is 6.18 Å². The first-order valence-corrected chi connectivity index (χ1v) is 6.13. The van der Waals surface area contributed by atoms with E-state index in [1.54, 1.807) is 0 Å². The monoisotopic (exact) mass is 293 g/mol. The van der Waals surface area contributed by atoms with E-state index < -0.39 is 29.1 Å². The van der Waals surface area contributed by atoms with E-state index in [-0.39, 0.29) is 6.07 Å². The van der Waals surface area contributed by atoms with Crippen LogP contribution in [0.3, 0.4) is 0 Å². The van der Waals surface area contributed by atoms with Gasteiger partial charge < -0.3 is 10.4 Å². The number of nitrogens with one attached hydrogen (secondary N) is 1. The second-order valence-electron chi connectivity index (χ2n) is 4.31. The van der Waals surface area contributed by atoms with Crippen LogP contribution in [0.5, 0.6) is 0 Å². The lowest BCUT2D eigenvalue weighted by atomic mass is 10.1. The van der Waals surface area contributed by atoms with Gasteiger partial charge in [0.1, 0.15) is 5.82 Å². The summed E-state index contributed by atoms with van der Waals surface area (Å²) in [5, 5.41) is 11.7. The molecule has 0 saturated carbocycles. The normalized spacial score (nSPS) is 15.2. The van der Waals surface area contributed by atoms with Crippen molar-refractivity contribution in [2.45, 2.75) is 25.4 Å². The smallest absolute Gasteiger partial charge is 0.419 e. The van der Waals surface area contributed by atoms with E-state index in [2.05, 4.69) is 5.32 Å². The summed E-state index contributed by atoms with van der Waals surface area (Å²) in [5.74, 6) is -3.02. The number of carboxylic acid groups (broad SMARTS) is 1. The minimum Gasteiger partial charge on any atom is -0.478 e. The number of hydrogen-bond donors (Lipinski definition) is 2. The zero-order valence-electron chi connectivity index (χ0n) is 10.6. The highest BCUT2D eigenvalue weighted by Crippen LogP contribution is 2.31. The summed E-state index contributed by atoms with van der Waals surface area (Å²) in [4.78, 5) is 10.3. The highest BCUT2D eigenvalue weighted by atomic mass is 19.4. The van der Waals surface area contributed by atoms with Crippen LogP contribution in [0.25, 0.3) is 0 Å². The predicted octanol–water partition coefficient (Wildman–Crippen LogP) is 3.30. The quantitative estimate of drug-likeness (QED) is 0.781. The van der Waals surface area contributed by atoms with Crippen molar-refractivity contribution in [3.63, 3.8) is 0 Å². The van der Waals surface area contributed by atoms with Crippen molar-refractivity contribution in [3.05, 3.63) is 35.1 Å². The van der Waals surface area contributed by atoms with Crippen LogP contribution in [0.4, 0.5) is 17.6 Å². The molecule has 1 aromatic carbocycles. The minimum atomic E-state index is -4.88. The van der Waals surface area contributed by atoms with E-state index >= 15 is 0 Å². The molecule has 0 amide bonds. The van der Waals surface area contributed by atoms with Gasteiger partial charge in [0.2, 0.25) is 0 Å². The molecular formula is C13H15F4NO2. The van der Waals surface area contributed by atoms with Gasteiger partial charge >= 0.3 is 12.1 Å². The molecule has 112 valence electrons. The van der Waals surface area contributed by atoms with Crippen molar-refractivity contribution in [1.82, 2.24) is 5.32 Å². The van der Waals surface area contributed by atoms with Crippen molar-refractivity contribution in [3.8, 4) is 0 Å². The van der Waals surface area contributed by atoms with Crippen LogP contribution < -0.4 is 5.32 Å². The average Bonchev–Trinajstić information content (AvgIpc) is 2.40. The molecule has 20 heavy (non-hydrogen) atoms. The number of carbonyl (C=O) groups is 1. The van der Waals surface area contributed by atoms with Gasteiger partial charge in [-0.3, -0.25) is 0 Å². The zero-order valence-corrected chi connectivity index (χ0v) is 10.6. The standard InChI is InChI=1S/C8H4F4O2.C5H11N/c9-6-2-1-4(7(13)14)3-5(6)8(10,11)12;1-2-4-6-5-3-1/h1-3H,(H,13,14);6H,1-5H2. The van der Waals surface area contributed by atoms with Gasteiger partial charge in [-0.15, -0.1) is 0 Å². The van der Waals surface area contributed by atoms with Crippen LogP contribution in [0.2, 0.25) is 0 Å². The molecule has 1 saturated heterocycles. The van der Waals surface area contributed by atoms with E-state index in [9.17, 15) is 22.4 Å². The lowest BCUT2D eigenvalue weighted by Gasteiger charge is -2.08. The van der Waals surface area contributed by atoms with Gasteiger partial charge in [0.25, 0.3) is 0 Å². The molecule has 1 aromatic rings. The SMILES string of the molecule is C1CCNCC1.O=C(O)c1ccc(F)c(C(F)(F)F)c1. The molecule has 2 N–H and O–H groups in total. The Labute approximate surface area is 113 Å². The maximum Gasteiger partial charge on any atom is 0.419 e. The third-order valence-corrected chi connectivity index (χ3v) is 2.73. The van der Waals surface area contributed by atoms with Crippen molar-refractivity contribution in [1.29, 1.82) is 0 Å². The number of alkyl halides is 3. The first-order chi connectivity index (χ1) is 9.32. The summed E-state index contributed by atoms with van der Waals surface area (Å²) in [6, 6.07) is 1.51. The second-order valence-corrected chi connectivity index (χ2v) is 4.31. The maximum absolute atomic E-state index is 12.6. The fraction of sp³-hybridized carbons (Fsp3) is 0.462. The molecule has 3 nitrogen and oxygen atoms in total. The maximum atomic E-state index is 12.6. The Hall–Kier alpha value is -1.63. The van der Waals surface area contributed by atoms with E-state index in [1.165, 1.54) is 32.4 Å². The molecule has 0 atom stereocenters. The fourth-order valence-electron chi connectivity index (χ4n) is 1.68.